The number of benzene rings is 1. The first-order valence-corrected chi connectivity index (χ1v) is 12.6. The SMILES string of the molecule is CC[C@@H]1CN(c2c(Br)c(=O)[nH]c3cn(CC#N)nc23)[C@@H](C)CN1C(C)c1ccc2nccnc2c1. The summed E-state index contributed by atoms with van der Waals surface area (Å²) < 4.78 is 2.04. The number of hydrogen-bond donors (Lipinski definition) is 1. The van der Waals surface area contributed by atoms with Crippen molar-refractivity contribution in [2.45, 2.75) is 51.9 Å². The maximum absolute atomic E-state index is 12.7. The maximum Gasteiger partial charge on any atom is 0.265 e. The van der Waals surface area contributed by atoms with Crippen molar-refractivity contribution in [3.8, 4) is 6.07 Å². The Bertz CT molecular complexity index is 1490. The Kier molecular flexibility index (Phi) is 6.30. The van der Waals surface area contributed by atoms with Gasteiger partial charge in [-0.15, -0.1) is 0 Å². The second kappa shape index (κ2) is 9.40. The number of anilines is 1. The van der Waals surface area contributed by atoms with Gasteiger partial charge in [-0.3, -0.25) is 24.3 Å². The molecular formula is C25H27BrN8O. The van der Waals surface area contributed by atoms with Crippen LogP contribution < -0.4 is 10.5 Å². The van der Waals surface area contributed by atoms with Crippen molar-refractivity contribution in [1.29, 1.82) is 5.26 Å². The predicted octanol–water partition coefficient (Wildman–Crippen LogP) is 4.00. The summed E-state index contributed by atoms with van der Waals surface area (Å²) in [4.78, 5) is 29.3. The number of pyridine rings is 1. The quantitative estimate of drug-likeness (QED) is 0.412. The van der Waals surface area contributed by atoms with Gasteiger partial charge in [0, 0.05) is 43.6 Å². The fourth-order valence-electron chi connectivity index (χ4n) is 5.14. The fraction of sp³-hybridized carbons (Fsp3) is 0.400. The van der Waals surface area contributed by atoms with E-state index in [4.69, 9.17) is 5.26 Å². The number of hydrogen-bond acceptors (Lipinski definition) is 7. The molecule has 0 amide bonds. The van der Waals surface area contributed by atoms with Crippen LogP contribution in [0.1, 0.15) is 38.8 Å². The smallest absolute Gasteiger partial charge is 0.265 e. The summed E-state index contributed by atoms with van der Waals surface area (Å²) in [6.45, 7) is 8.35. The Balaban J connectivity index is 1.49. The molecule has 1 saturated heterocycles. The Morgan fingerprint density at radius 1 is 1.26 bits per heavy atom. The van der Waals surface area contributed by atoms with E-state index in [1.807, 2.05) is 6.07 Å². The van der Waals surface area contributed by atoms with Crippen LogP contribution in [0.5, 0.6) is 0 Å². The van der Waals surface area contributed by atoms with Crippen molar-refractivity contribution < 1.29 is 0 Å². The number of aromatic nitrogens is 5. The zero-order valence-corrected chi connectivity index (χ0v) is 21.5. The van der Waals surface area contributed by atoms with Crippen LogP contribution >= 0.6 is 15.9 Å². The zero-order valence-electron chi connectivity index (χ0n) is 19.9. The van der Waals surface area contributed by atoms with Gasteiger partial charge in [0.1, 0.15) is 16.5 Å². The minimum atomic E-state index is -0.197. The maximum atomic E-state index is 12.7. The molecule has 5 rings (SSSR count). The predicted molar refractivity (Wildman–Crippen MR) is 139 cm³/mol. The average molecular weight is 535 g/mol. The van der Waals surface area contributed by atoms with Gasteiger partial charge >= 0.3 is 0 Å². The van der Waals surface area contributed by atoms with E-state index in [-0.39, 0.29) is 30.2 Å². The summed E-state index contributed by atoms with van der Waals surface area (Å²) in [5.41, 5.74) is 4.94. The van der Waals surface area contributed by atoms with Gasteiger partial charge in [-0.25, -0.2) is 0 Å². The minimum Gasteiger partial charge on any atom is -0.363 e. The fourth-order valence-corrected chi connectivity index (χ4v) is 5.65. The molecule has 0 radical (unpaired) electrons. The van der Waals surface area contributed by atoms with E-state index in [1.165, 1.54) is 5.56 Å². The molecule has 35 heavy (non-hydrogen) atoms. The van der Waals surface area contributed by atoms with Crippen LogP contribution in [-0.4, -0.2) is 54.8 Å². The first-order chi connectivity index (χ1) is 16.9. The normalized spacial score (nSPS) is 19.8. The molecule has 180 valence electrons. The second-order valence-electron chi connectivity index (χ2n) is 9.10. The molecule has 0 spiro atoms. The Labute approximate surface area is 211 Å². The van der Waals surface area contributed by atoms with E-state index in [0.717, 1.165) is 36.2 Å². The number of halogens is 1. The lowest BCUT2D eigenvalue weighted by molar-refractivity contribution is 0.106. The third-order valence-electron chi connectivity index (χ3n) is 6.99. The number of piperazine rings is 1. The minimum absolute atomic E-state index is 0.127. The first-order valence-electron chi connectivity index (χ1n) is 11.8. The van der Waals surface area contributed by atoms with E-state index in [0.29, 0.717) is 15.5 Å². The number of rotatable bonds is 5. The van der Waals surface area contributed by atoms with Crippen LogP contribution in [0.4, 0.5) is 5.69 Å². The highest BCUT2D eigenvalue weighted by molar-refractivity contribution is 9.10. The molecule has 4 heterocycles. The third-order valence-corrected chi connectivity index (χ3v) is 7.73. The van der Waals surface area contributed by atoms with E-state index in [9.17, 15) is 4.79 Å². The van der Waals surface area contributed by atoms with E-state index < -0.39 is 0 Å². The van der Waals surface area contributed by atoms with Gasteiger partial charge in [0.15, 0.2) is 0 Å². The second-order valence-corrected chi connectivity index (χ2v) is 9.90. The van der Waals surface area contributed by atoms with Crippen molar-refractivity contribution in [2.75, 3.05) is 18.0 Å². The molecule has 10 heteroatoms. The first kappa shape index (κ1) is 23.5. The monoisotopic (exact) mass is 534 g/mol. The van der Waals surface area contributed by atoms with Crippen LogP contribution in [0.3, 0.4) is 0 Å². The molecule has 3 aromatic heterocycles. The number of nitrogens with one attached hydrogen (secondary N) is 1. The topological polar surface area (TPSA) is 107 Å². The molecule has 1 aliphatic heterocycles. The zero-order chi connectivity index (χ0) is 24.7. The number of fused-ring (bicyclic) bond motifs is 2. The lowest BCUT2D eigenvalue weighted by atomic mass is 9.98. The summed E-state index contributed by atoms with van der Waals surface area (Å²) in [7, 11) is 0. The van der Waals surface area contributed by atoms with Gasteiger partial charge in [-0.2, -0.15) is 10.4 Å². The molecule has 1 N–H and O–H groups in total. The highest BCUT2D eigenvalue weighted by Crippen LogP contribution is 2.36. The van der Waals surface area contributed by atoms with Gasteiger partial charge in [-0.1, -0.05) is 13.0 Å². The molecule has 1 unspecified atom stereocenters. The van der Waals surface area contributed by atoms with Crippen molar-refractivity contribution in [2.24, 2.45) is 0 Å². The van der Waals surface area contributed by atoms with Gasteiger partial charge in [0.25, 0.3) is 5.56 Å². The molecular weight excluding hydrogens is 508 g/mol. The highest BCUT2D eigenvalue weighted by atomic mass is 79.9. The summed E-state index contributed by atoms with van der Waals surface area (Å²) >= 11 is 3.53. The van der Waals surface area contributed by atoms with Gasteiger partial charge in [-0.05, 0) is 53.9 Å². The molecule has 9 nitrogen and oxygen atoms in total. The lowest BCUT2D eigenvalue weighted by Crippen LogP contribution is -2.58. The van der Waals surface area contributed by atoms with Crippen LogP contribution in [0, 0.1) is 11.3 Å². The van der Waals surface area contributed by atoms with Gasteiger partial charge < -0.3 is 9.88 Å². The van der Waals surface area contributed by atoms with Crippen LogP contribution in [0.25, 0.3) is 22.1 Å². The Morgan fingerprint density at radius 3 is 2.77 bits per heavy atom. The molecule has 0 aliphatic carbocycles. The molecule has 1 fully saturated rings. The molecule has 1 aromatic carbocycles. The summed E-state index contributed by atoms with van der Waals surface area (Å²) in [6, 6.07) is 9.05. The Hall–Kier alpha value is -3.29. The standard InChI is InChI=1S/C25H27BrN8O/c1-4-18-13-33(24-22(26)25(35)30-21-14-32(10-7-27)31-23(21)24)15(2)12-34(18)16(3)17-5-6-19-20(11-17)29-9-8-28-19/h5-6,8-9,11,14-16,18H,4,10,12-13H2,1-3H3,(H,30,35)/t15-,16?,18+/m0/s1. The molecule has 0 bridgehead atoms. The summed E-state index contributed by atoms with van der Waals surface area (Å²) in [6.07, 6.45) is 6.13. The van der Waals surface area contributed by atoms with Crippen molar-refractivity contribution >= 4 is 43.7 Å². The van der Waals surface area contributed by atoms with E-state index in [2.05, 4.69) is 84.8 Å². The van der Waals surface area contributed by atoms with Crippen LogP contribution in [-0.2, 0) is 6.54 Å². The largest absolute Gasteiger partial charge is 0.363 e. The lowest BCUT2D eigenvalue weighted by Gasteiger charge is -2.48. The number of aromatic amines is 1. The third kappa shape index (κ3) is 4.19. The van der Waals surface area contributed by atoms with Crippen molar-refractivity contribution in [3.05, 3.63) is 57.2 Å². The Morgan fingerprint density at radius 2 is 2.03 bits per heavy atom. The molecule has 1 aliphatic rings. The van der Waals surface area contributed by atoms with Crippen LogP contribution in [0.15, 0.2) is 46.1 Å². The number of nitrogens with zero attached hydrogens (tertiary/aromatic N) is 7. The van der Waals surface area contributed by atoms with Gasteiger partial charge in [0.2, 0.25) is 0 Å². The molecule has 0 saturated carbocycles. The number of nitriles is 1. The molecule has 3 atom stereocenters. The van der Waals surface area contributed by atoms with Crippen LogP contribution in [0.2, 0.25) is 0 Å². The molecule has 4 aromatic rings. The van der Waals surface area contributed by atoms with E-state index in [1.54, 1.807) is 23.3 Å². The average Bonchev–Trinajstić information content (AvgIpc) is 3.26. The summed E-state index contributed by atoms with van der Waals surface area (Å²) in [5, 5.41) is 13.7. The van der Waals surface area contributed by atoms with Crippen molar-refractivity contribution in [3.63, 3.8) is 0 Å². The summed E-state index contributed by atoms with van der Waals surface area (Å²) in [5.74, 6) is 0. The van der Waals surface area contributed by atoms with Gasteiger partial charge in [0.05, 0.1) is 34.5 Å². The van der Waals surface area contributed by atoms with Crippen molar-refractivity contribution in [1.82, 2.24) is 29.6 Å². The number of H-pyrrole nitrogens is 1. The highest BCUT2D eigenvalue weighted by Gasteiger charge is 2.36. The van der Waals surface area contributed by atoms with E-state index >= 15 is 0 Å².